The second kappa shape index (κ2) is 6.16. The van der Waals surface area contributed by atoms with E-state index in [1.165, 1.54) is 11.3 Å². The molecule has 0 bridgehead atoms. The fourth-order valence-electron chi connectivity index (χ4n) is 2.27. The fourth-order valence-corrected chi connectivity index (χ4v) is 3.24. The summed E-state index contributed by atoms with van der Waals surface area (Å²) in [4.78, 5) is 28.0. The first kappa shape index (κ1) is 14.0. The molecule has 2 heterocycles. The molecule has 0 radical (unpaired) electrons. The Morgan fingerprint density at radius 1 is 1.32 bits per heavy atom. The number of amides is 2. The van der Waals surface area contributed by atoms with E-state index < -0.39 is 0 Å². The van der Waals surface area contributed by atoms with E-state index in [1.54, 1.807) is 0 Å². The van der Waals surface area contributed by atoms with Gasteiger partial charge in [0.2, 0.25) is 5.91 Å². The molecule has 6 heteroatoms. The molecule has 0 spiro atoms. The summed E-state index contributed by atoms with van der Waals surface area (Å²) in [5.41, 5.74) is 6.29. The lowest BCUT2D eigenvalue weighted by Gasteiger charge is -2.34. The minimum atomic E-state index is -0.314. The van der Waals surface area contributed by atoms with Gasteiger partial charge in [-0.2, -0.15) is 0 Å². The van der Waals surface area contributed by atoms with Crippen LogP contribution in [0.4, 0.5) is 0 Å². The van der Waals surface area contributed by atoms with Crippen molar-refractivity contribution in [3.8, 4) is 0 Å². The van der Waals surface area contributed by atoms with Crippen LogP contribution in [0.15, 0.2) is 11.4 Å². The maximum Gasteiger partial charge on any atom is 0.264 e. The third-order valence-corrected chi connectivity index (χ3v) is 4.31. The van der Waals surface area contributed by atoms with E-state index in [2.05, 4.69) is 6.92 Å². The van der Waals surface area contributed by atoms with Crippen molar-refractivity contribution in [3.63, 3.8) is 0 Å². The van der Waals surface area contributed by atoms with E-state index in [4.69, 9.17) is 5.73 Å². The molecule has 2 rings (SSSR count). The Kier molecular flexibility index (Phi) is 4.55. The lowest BCUT2D eigenvalue weighted by molar-refractivity contribution is -0.119. The van der Waals surface area contributed by atoms with Crippen LogP contribution in [0.3, 0.4) is 0 Å². The number of thiophene rings is 1. The van der Waals surface area contributed by atoms with Gasteiger partial charge in [0.1, 0.15) is 0 Å². The van der Waals surface area contributed by atoms with Gasteiger partial charge in [0.15, 0.2) is 0 Å². The Hall–Kier alpha value is -1.40. The summed E-state index contributed by atoms with van der Waals surface area (Å²) in [6.07, 6.45) is 0.881. The summed E-state index contributed by atoms with van der Waals surface area (Å²) >= 11 is 1.51. The topological polar surface area (TPSA) is 66.6 Å². The maximum atomic E-state index is 12.4. The molecule has 19 heavy (non-hydrogen) atoms. The summed E-state index contributed by atoms with van der Waals surface area (Å²) in [6, 6.07) is 2.02. The standard InChI is InChI=1S/C13H19N3O2S/c1-2-10-3-8-19-12(10)13(18)16-6-4-15(5-7-16)9-11(14)17/h3,8H,2,4-7,9H2,1H3,(H2,14,17). The number of primary amides is 1. The highest BCUT2D eigenvalue weighted by atomic mass is 32.1. The normalized spacial score (nSPS) is 16.6. The van der Waals surface area contributed by atoms with Crippen LogP contribution in [0.2, 0.25) is 0 Å². The molecule has 5 nitrogen and oxygen atoms in total. The minimum Gasteiger partial charge on any atom is -0.369 e. The van der Waals surface area contributed by atoms with Gasteiger partial charge >= 0.3 is 0 Å². The van der Waals surface area contributed by atoms with Crippen molar-refractivity contribution in [2.45, 2.75) is 13.3 Å². The fraction of sp³-hybridized carbons (Fsp3) is 0.538. The van der Waals surface area contributed by atoms with Gasteiger partial charge < -0.3 is 10.6 Å². The van der Waals surface area contributed by atoms with Crippen molar-refractivity contribution in [2.24, 2.45) is 5.73 Å². The van der Waals surface area contributed by atoms with E-state index in [0.29, 0.717) is 26.2 Å². The van der Waals surface area contributed by atoms with Gasteiger partial charge in [-0.1, -0.05) is 6.92 Å². The molecule has 1 aliphatic heterocycles. The molecule has 2 N–H and O–H groups in total. The van der Waals surface area contributed by atoms with Gasteiger partial charge in [0.25, 0.3) is 5.91 Å². The average Bonchev–Trinajstić information content (AvgIpc) is 2.86. The molecule has 1 aromatic heterocycles. The molecule has 1 fully saturated rings. The monoisotopic (exact) mass is 281 g/mol. The first-order chi connectivity index (χ1) is 9.11. The van der Waals surface area contributed by atoms with Gasteiger partial charge in [-0.05, 0) is 23.4 Å². The Labute approximate surface area is 117 Å². The van der Waals surface area contributed by atoms with Crippen molar-refractivity contribution in [1.82, 2.24) is 9.80 Å². The van der Waals surface area contributed by atoms with Crippen LogP contribution in [-0.4, -0.2) is 54.3 Å². The van der Waals surface area contributed by atoms with Crippen molar-refractivity contribution in [2.75, 3.05) is 32.7 Å². The first-order valence-electron chi connectivity index (χ1n) is 6.48. The highest BCUT2D eigenvalue weighted by molar-refractivity contribution is 7.12. The van der Waals surface area contributed by atoms with E-state index in [9.17, 15) is 9.59 Å². The largest absolute Gasteiger partial charge is 0.369 e. The Morgan fingerprint density at radius 2 is 2.00 bits per heavy atom. The third-order valence-electron chi connectivity index (χ3n) is 3.36. The highest BCUT2D eigenvalue weighted by Gasteiger charge is 2.24. The summed E-state index contributed by atoms with van der Waals surface area (Å²) in [5.74, 6) is -0.197. The first-order valence-corrected chi connectivity index (χ1v) is 7.36. The highest BCUT2D eigenvalue weighted by Crippen LogP contribution is 2.20. The maximum absolute atomic E-state index is 12.4. The molecule has 2 amide bonds. The van der Waals surface area contributed by atoms with E-state index >= 15 is 0 Å². The van der Waals surface area contributed by atoms with Gasteiger partial charge in [0, 0.05) is 26.2 Å². The lowest BCUT2D eigenvalue weighted by atomic mass is 10.2. The van der Waals surface area contributed by atoms with Crippen LogP contribution >= 0.6 is 11.3 Å². The third kappa shape index (κ3) is 3.33. The molecule has 104 valence electrons. The zero-order chi connectivity index (χ0) is 13.8. The average molecular weight is 281 g/mol. The predicted molar refractivity (Wildman–Crippen MR) is 75.2 cm³/mol. The number of piperazine rings is 1. The number of hydrogen-bond acceptors (Lipinski definition) is 4. The molecule has 0 aromatic carbocycles. The van der Waals surface area contributed by atoms with Crippen LogP contribution in [0.5, 0.6) is 0 Å². The Bertz CT molecular complexity index is 464. The van der Waals surface area contributed by atoms with Crippen molar-refractivity contribution in [1.29, 1.82) is 0 Å². The molecular weight excluding hydrogens is 262 g/mol. The number of rotatable bonds is 4. The van der Waals surface area contributed by atoms with Crippen LogP contribution in [-0.2, 0) is 11.2 Å². The molecule has 0 saturated carbocycles. The van der Waals surface area contributed by atoms with E-state index in [0.717, 1.165) is 16.9 Å². The molecule has 0 aliphatic carbocycles. The molecule has 0 unspecified atom stereocenters. The van der Waals surface area contributed by atoms with Crippen molar-refractivity contribution in [3.05, 3.63) is 21.9 Å². The number of aryl methyl sites for hydroxylation is 1. The quantitative estimate of drug-likeness (QED) is 0.876. The Balaban J connectivity index is 1.94. The number of nitrogens with zero attached hydrogens (tertiary/aromatic N) is 2. The molecule has 1 saturated heterocycles. The van der Waals surface area contributed by atoms with E-state index in [-0.39, 0.29) is 18.4 Å². The second-order valence-electron chi connectivity index (χ2n) is 4.66. The van der Waals surface area contributed by atoms with Gasteiger partial charge in [0.05, 0.1) is 11.4 Å². The molecule has 0 atom stereocenters. The van der Waals surface area contributed by atoms with Crippen LogP contribution in [0.25, 0.3) is 0 Å². The number of carbonyl (C=O) groups is 2. The zero-order valence-electron chi connectivity index (χ0n) is 11.1. The van der Waals surface area contributed by atoms with Crippen molar-refractivity contribution >= 4 is 23.2 Å². The van der Waals surface area contributed by atoms with Crippen LogP contribution in [0, 0.1) is 0 Å². The van der Waals surface area contributed by atoms with Crippen LogP contribution in [0.1, 0.15) is 22.2 Å². The predicted octanol–water partition coefficient (Wildman–Crippen LogP) is 0.554. The molecule has 1 aromatic rings. The van der Waals surface area contributed by atoms with Crippen molar-refractivity contribution < 1.29 is 9.59 Å². The smallest absolute Gasteiger partial charge is 0.264 e. The molecule has 1 aliphatic rings. The summed E-state index contributed by atoms with van der Waals surface area (Å²) in [5, 5.41) is 1.97. The van der Waals surface area contributed by atoms with Gasteiger partial charge in [-0.3, -0.25) is 14.5 Å². The number of hydrogen-bond donors (Lipinski definition) is 1. The second-order valence-corrected chi connectivity index (χ2v) is 5.58. The van der Waals surface area contributed by atoms with E-state index in [1.807, 2.05) is 21.2 Å². The summed E-state index contributed by atoms with van der Waals surface area (Å²) < 4.78 is 0. The zero-order valence-corrected chi connectivity index (χ0v) is 11.9. The number of carbonyl (C=O) groups excluding carboxylic acids is 2. The summed E-state index contributed by atoms with van der Waals surface area (Å²) in [7, 11) is 0. The lowest BCUT2D eigenvalue weighted by Crippen LogP contribution is -2.50. The number of nitrogens with two attached hydrogens (primary N) is 1. The van der Waals surface area contributed by atoms with Crippen LogP contribution < -0.4 is 5.73 Å². The Morgan fingerprint density at radius 3 is 2.58 bits per heavy atom. The van der Waals surface area contributed by atoms with Gasteiger partial charge in [-0.15, -0.1) is 11.3 Å². The molecular formula is C13H19N3O2S. The van der Waals surface area contributed by atoms with Gasteiger partial charge in [-0.25, -0.2) is 0 Å². The minimum absolute atomic E-state index is 0.116. The SMILES string of the molecule is CCc1ccsc1C(=O)N1CCN(CC(N)=O)CC1. The summed E-state index contributed by atoms with van der Waals surface area (Å²) in [6.45, 7) is 5.08.